The van der Waals surface area contributed by atoms with Crippen molar-refractivity contribution < 1.29 is 23.1 Å². The quantitative estimate of drug-likeness (QED) is 0.739. The van der Waals surface area contributed by atoms with Crippen LogP contribution in [-0.2, 0) is 14.8 Å². The zero-order valence-corrected chi connectivity index (χ0v) is 11.0. The van der Waals surface area contributed by atoms with Crippen LogP contribution in [0.15, 0.2) is 29.2 Å². The summed E-state index contributed by atoms with van der Waals surface area (Å²) in [4.78, 5) is 10.4. The van der Waals surface area contributed by atoms with E-state index in [4.69, 9.17) is 9.84 Å². The highest BCUT2D eigenvalue weighted by atomic mass is 32.2. The second kappa shape index (κ2) is 6.78. The molecular formula is C12H13NO5S. The third kappa shape index (κ3) is 4.99. The summed E-state index contributed by atoms with van der Waals surface area (Å²) in [6.45, 7) is 1.18. The Morgan fingerprint density at radius 2 is 2.00 bits per heavy atom. The molecule has 0 atom stereocenters. The Morgan fingerprint density at radius 1 is 1.37 bits per heavy atom. The van der Waals surface area contributed by atoms with E-state index in [-0.39, 0.29) is 17.2 Å². The maximum absolute atomic E-state index is 11.8. The van der Waals surface area contributed by atoms with Gasteiger partial charge < -0.3 is 9.84 Å². The topological polar surface area (TPSA) is 92.7 Å². The molecule has 7 heteroatoms. The van der Waals surface area contributed by atoms with Crippen LogP contribution in [0.2, 0.25) is 0 Å². The van der Waals surface area contributed by atoms with E-state index in [9.17, 15) is 13.2 Å². The van der Waals surface area contributed by atoms with Crippen LogP contribution in [0.25, 0.3) is 0 Å². The lowest BCUT2D eigenvalue weighted by atomic mass is 10.3. The molecule has 2 N–H and O–H groups in total. The van der Waals surface area contributed by atoms with Crippen molar-refractivity contribution in [3.8, 4) is 17.6 Å². The zero-order chi connectivity index (χ0) is 14.3. The molecule has 0 fully saturated rings. The Hall–Kier alpha value is -2.04. The molecule has 0 heterocycles. The van der Waals surface area contributed by atoms with Crippen LogP contribution >= 0.6 is 0 Å². The zero-order valence-electron chi connectivity index (χ0n) is 10.2. The van der Waals surface area contributed by atoms with Crippen molar-refractivity contribution in [3.05, 3.63) is 24.3 Å². The van der Waals surface area contributed by atoms with Crippen LogP contribution in [0.5, 0.6) is 5.75 Å². The predicted molar refractivity (Wildman–Crippen MR) is 68.2 cm³/mol. The fourth-order valence-corrected chi connectivity index (χ4v) is 2.09. The Balaban J connectivity index is 2.73. The molecule has 1 rings (SSSR count). The summed E-state index contributed by atoms with van der Waals surface area (Å²) in [7, 11) is -3.60. The maximum Gasteiger partial charge on any atom is 0.341 e. The van der Waals surface area contributed by atoms with E-state index in [1.807, 2.05) is 0 Å². The van der Waals surface area contributed by atoms with Gasteiger partial charge in [0.2, 0.25) is 10.0 Å². The van der Waals surface area contributed by atoms with Crippen molar-refractivity contribution in [1.82, 2.24) is 4.72 Å². The van der Waals surface area contributed by atoms with Gasteiger partial charge in [0, 0.05) is 0 Å². The molecule has 0 saturated carbocycles. The molecular weight excluding hydrogens is 270 g/mol. The summed E-state index contributed by atoms with van der Waals surface area (Å²) in [5, 5.41) is 8.44. The van der Waals surface area contributed by atoms with Gasteiger partial charge in [-0.25, -0.2) is 13.2 Å². The molecule has 0 unspecified atom stereocenters. The fraction of sp³-hybridized carbons (Fsp3) is 0.250. The number of aliphatic carboxylic acids is 1. The highest BCUT2D eigenvalue weighted by Crippen LogP contribution is 2.15. The van der Waals surface area contributed by atoms with E-state index < -0.39 is 22.6 Å². The lowest BCUT2D eigenvalue weighted by Crippen LogP contribution is -2.23. The minimum atomic E-state index is -3.60. The minimum absolute atomic E-state index is 0.0378. The number of benzene rings is 1. The van der Waals surface area contributed by atoms with Gasteiger partial charge in [-0.1, -0.05) is 5.92 Å². The van der Waals surface area contributed by atoms with Crippen LogP contribution in [-0.4, -0.2) is 32.6 Å². The summed E-state index contributed by atoms with van der Waals surface area (Å²) in [5.74, 6) is 4.35. The van der Waals surface area contributed by atoms with Gasteiger partial charge in [-0.15, -0.1) is 5.92 Å². The van der Waals surface area contributed by atoms with Gasteiger partial charge in [0.1, 0.15) is 5.75 Å². The van der Waals surface area contributed by atoms with Crippen molar-refractivity contribution in [1.29, 1.82) is 0 Å². The van der Waals surface area contributed by atoms with Crippen molar-refractivity contribution >= 4 is 16.0 Å². The highest BCUT2D eigenvalue weighted by Gasteiger charge is 2.12. The number of carboxylic acid groups (broad SMARTS) is 1. The van der Waals surface area contributed by atoms with E-state index in [1.54, 1.807) is 6.92 Å². The van der Waals surface area contributed by atoms with E-state index in [0.29, 0.717) is 0 Å². The summed E-state index contributed by atoms with van der Waals surface area (Å²) in [5.41, 5.74) is 0. The Labute approximate surface area is 111 Å². The first-order valence-corrected chi connectivity index (χ1v) is 6.78. The molecule has 0 spiro atoms. The molecule has 0 saturated heterocycles. The molecule has 6 nitrogen and oxygen atoms in total. The Morgan fingerprint density at radius 3 is 2.53 bits per heavy atom. The molecule has 0 radical (unpaired) electrons. The number of carboxylic acids is 1. The van der Waals surface area contributed by atoms with Gasteiger partial charge in [0.15, 0.2) is 6.61 Å². The monoisotopic (exact) mass is 283 g/mol. The van der Waals surface area contributed by atoms with Gasteiger partial charge in [0.05, 0.1) is 11.4 Å². The molecule has 0 bridgehead atoms. The number of carbonyl (C=O) groups is 1. The van der Waals surface area contributed by atoms with Crippen LogP contribution in [0.3, 0.4) is 0 Å². The first kappa shape index (κ1) is 15.0. The molecule has 0 aliphatic heterocycles. The second-order valence-electron chi connectivity index (χ2n) is 3.41. The molecule has 1 aromatic carbocycles. The van der Waals surface area contributed by atoms with Crippen molar-refractivity contribution in [2.75, 3.05) is 13.2 Å². The summed E-state index contributed by atoms with van der Waals surface area (Å²) in [6.07, 6.45) is 0. The fourth-order valence-electron chi connectivity index (χ4n) is 1.16. The van der Waals surface area contributed by atoms with Crippen molar-refractivity contribution in [3.63, 3.8) is 0 Å². The average molecular weight is 283 g/mol. The number of ether oxygens (including phenoxy) is 1. The van der Waals surface area contributed by atoms with Gasteiger partial charge in [-0.2, -0.15) is 4.72 Å². The highest BCUT2D eigenvalue weighted by molar-refractivity contribution is 7.89. The van der Waals surface area contributed by atoms with Crippen LogP contribution in [0.1, 0.15) is 6.92 Å². The molecule has 19 heavy (non-hydrogen) atoms. The Bertz CT molecular complexity index is 595. The first-order valence-electron chi connectivity index (χ1n) is 5.29. The number of hydrogen-bond acceptors (Lipinski definition) is 4. The Kier molecular flexibility index (Phi) is 5.36. The molecule has 0 aromatic heterocycles. The van der Waals surface area contributed by atoms with E-state index in [2.05, 4.69) is 16.6 Å². The second-order valence-corrected chi connectivity index (χ2v) is 5.17. The summed E-state index contributed by atoms with van der Waals surface area (Å²) < 4.78 is 30.7. The number of rotatable bonds is 6. The molecule has 0 amide bonds. The normalized spacial score (nSPS) is 10.4. The van der Waals surface area contributed by atoms with Crippen LogP contribution < -0.4 is 9.46 Å². The number of sulfonamides is 1. The summed E-state index contributed by atoms with van der Waals surface area (Å²) >= 11 is 0. The third-order valence-corrected chi connectivity index (χ3v) is 3.44. The SMILES string of the molecule is CC#CCNS(=O)(=O)c1ccc(OCC(=O)O)cc1. The maximum atomic E-state index is 11.8. The lowest BCUT2D eigenvalue weighted by molar-refractivity contribution is -0.139. The van der Waals surface area contributed by atoms with E-state index in [0.717, 1.165) is 0 Å². The van der Waals surface area contributed by atoms with Crippen LogP contribution in [0.4, 0.5) is 0 Å². The molecule has 0 aliphatic carbocycles. The van der Waals surface area contributed by atoms with Gasteiger partial charge in [0.25, 0.3) is 0 Å². The predicted octanol–water partition coefficient (Wildman–Crippen LogP) is 0.452. The molecule has 0 aliphatic rings. The first-order chi connectivity index (χ1) is 8.95. The minimum Gasteiger partial charge on any atom is -0.482 e. The smallest absolute Gasteiger partial charge is 0.341 e. The summed E-state index contributed by atoms with van der Waals surface area (Å²) in [6, 6.07) is 5.45. The van der Waals surface area contributed by atoms with Gasteiger partial charge >= 0.3 is 5.97 Å². The van der Waals surface area contributed by atoms with Gasteiger partial charge in [-0.3, -0.25) is 0 Å². The number of nitrogens with one attached hydrogen (secondary N) is 1. The van der Waals surface area contributed by atoms with Crippen molar-refractivity contribution in [2.45, 2.75) is 11.8 Å². The van der Waals surface area contributed by atoms with E-state index >= 15 is 0 Å². The molecule has 1 aromatic rings. The van der Waals surface area contributed by atoms with Gasteiger partial charge in [-0.05, 0) is 31.2 Å². The lowest BCUT2D eigenvalue weighted by Gasteiger charge is -2.06. The average Bonchev–Trinajstić information content (AvgIpc) is 2.37. The van der Waals surface area contributed by atoms with Crippen LogP contribution in [0, 0.1) is 11.8 Å². The van der Waals surface area contributed by atoms with Crippen molar-refractivity contribution in [2.24, 2.45) is 0 Å². The van der Waals surface area contributed by atoms with E-state index in [1.165, 1.54) is 24.3 Å². The molecule has 102 valence electrons. The third-order valence-electron chi connectivity index (χ3n) is 2.02. The standard InChI is InChI=1S/C12H13NO5S/c1-2-3-8-13-19(16,17)11-6-4-10(5-7-11)18-9-12(14)15/h4-7,13H,8-9H2,1H3,(H,14,15). The largest absolute Gasteiger partial charge is 0.482 e. The number of hydrogen-bond donors (Lipinski definition) is 2.